The third-order valence-corrected chi connectivity index (χ3v) is 4.09. The Hall–Kier alpha value is -3.48. The highest BCUT2D eigenvalue weighted by Gasteiger charge is 2.12. The van der Waals surface area contributed by atoms with Crippen molar-refractivity contribution in [3.05, 3.63) is 53.6 Å². The van der Waals surface area contributed by atoms with Crippen molar-refractivity contribution >= 4 is 23.6 Å². The van der Waals surface area contributed by atoms with E-state index in [2.05, 4.69) is 12.2 Å². The summed E-state index contributed by atoms with van der Waals surface area (Å²) < 4.78 is 20.8. The minimum absolute atomic E-state index is 0.381. The summed E-state index contributed by atoms with van der Waals surface area (Å²) in [4.78, 5) is 23.8. The maximum atomic E-state index is 11.9. The van der Waals surface area contributed by atoms with Crippen LogP contribution in [0.15, 0.2) is 42.5 Å². The average molecular weight is 399 g/mol. The summed E-state index contributed by atoms with van der Waals surface area (Å²) in [7, 11) is 4.53. The van der Waals surface area contributed by atoms with Crippen LogP contribution in [0.2, 0.25) is 0 Å². The fourth-order valence-corrected chi connectivity index (χ4v) is 2.57. The maximum Gasteiger partial charge on any atom is 0.331 e. The number of aryl methyl sites for hydroxylation is 1. The van der Waals surface area contributed by atoms with Crippen LogP contribution in [0.5, 0.6) is 17.2 Å². The van der Waals surface area contributed by atoms with Gasteiger partial charge in [0.1, 0.15) is 0 Å². The van der Waals surface area contributed by atoms with Crippen molar-refractivity contribution in [2.75, 3.05) is 33.3 Å². The Labute approximate surface area is 170 Å². The summed E-state index contributed by atoms with van der Waals surface area (Å²) in [6.45, 7) is 1.67. The summed E-state index contributed by atoms with van der Waals surface area (Å²) in [6, 6.07) is 10.9. The van der Waals surface area contributed by atoms with Crippen molar-refractivity contribution in [2.45, 2.75) is 13.3 Å². The summed E-state index contributed by atoms with van der Waals surface area (Å²) in [5, 5.41) is 2.68. The predicted octanol–water partition coefficient (Wildman–Crippen LogP) is 3.47. The molecule has 0 aliphatic rings. The minimum atomic E-state index is -0.643. The van der Waals surface area contributed by atoms with Crippen LogP contribution in [0.1, 0.15) is 18.1 Å². The van der Waals surface area contributed by atoms with E-state index < -0.39 is 11.9 Å². The molecule has 0 saturated carbocycles. The fraction of sp³-hybridized carbons (Fsp3) is 0.273. The van der Waals surface area contributed by atoms with Gasteiger partial charge in [-0.15, -0.1) is 0 Å². The van der Waals surface area contributed by atoms with Gasteiger partial charge < -0.3 is 24.3 Å². The molecule has 7 heteroatoms. The Morgan fingerprint density at radius 2 is 1.59 bits per heavy atom. The zero-order valence-corrected chi connectivity index (χ0v) is 17.0. The average Bonchev–Trinajstić information content (AvgIpc) is 2.75. The van der Waals surface area contributed by atoms with Crippen molar-refractivity contribution in [3.8, 4) is 17.2 Å². The van der Waals surface area contributed by atoms with Crippen LogP contribution in [0.3, 0.4) is 0 Å². The monoisotopic (exact) mass is 399 g/mol. The molecule has 0 aromatic heterocycles. The molecule has 1 N–H and O–H groups in total. The van der Waals surface area contributed by atoms with Crippen LogP contribution >= 0.6 is 0 Å². The van der Waals surface area contributed by atoms with Gasteiger partial charge in [-0.2, -0.15) is 0 Å². The predicted molar refractivity (Wildman–Crippen MR) is 111 cm³/mol. The number of ether oxygens (including phenoxy) is 4. The first-order valence-corrected chi connectivity index (χ1v) is 9.04. The Balaban J connectivity index is 1.92. The third kappa shape index (κ3) is 6.27. The van der Waals surface area contributed by atoms with Crippen LogP contribution in [-0.4, -0.2) is 39.8 Å². The lowest BCUT2D eigenvalue weighted by molar-refractivity contribution is -0.142. The molecular weight excluding hydrogens is 374 g/mol. The molecule has 2 rings (SSSR count). The van der Waals surface area contributed by atoms with Crippen molar-refractivity contribution in [2.24, 2.45) is 0 Å². The number of anilines is 1. The first-order valence-electron chi connectivity index (χ1n) is 9.04. The number of methoxy groups -OCH3 is 3. The molecule has 2 aromatic rings. The molecule has 0 heterocycles. The van der Waals surface area contributed by atoms with Gasteiger partial charge in [0.05, 0.1) is 21.3 Å². The van der Waals surface area contributed by atoms with Crippen molar-refractivity contribution < 1.29 is 28.5 Å². The molecule has 2 aromatic carbocycles. The molecule has 0 bridgehead atoms. The molecule has 0 spiro atoms. The smallest absolute Gasteiger partial charge is 0.331 e. The van der Waals surface area contributed by atoms with Crippen molar-refractivity contribution in [1.29, 1.82) is 0 Å². The van der Waals surface area contributed by atoms with E-state index in [1.165, 1.54) is 39.0 Å². The molecule has 0 radical (unpaired) electrons. The van der Waals surface area contributed by atoms with Gasteiger partial charge >= 0.3 is 5.97 Å². The number of nitrogens with one attached hydrogen (secondary N) is 1. The van der Waals surface area contributed by atoms with E-state index in [1.807, 2.05) is 24.3 Å². The van der Waals surface area contributed by atoms with Crippen LogP contribution < -0.4 is 19.5 Å². The number of rotatable bonds is 9. The van der Waals surface area contributed by atoms with Crippen molar-refractivity contribution in [1.82, 2.24) is 0 Å². The van der Waals surface area contributed by atoms with Gasteiger partial charge in [-0.1, -0.05) is 19.1 Å². The van der Waals surface area contributed by atoms with Crippen LogP contribution in [0.25, 0.3) is 6.08 Å². The lowest BCUT2D eigenvalue weighted by Gasteiger charge is -2.12. The van der Waals surface area contributed by atoms with Gasteiger partial charge in [-0.05, 0) is 47.9 Å². The van der Waals surface area contributed by atoms with Gasteiger partial charge in [0.25, 0.3) is 5.91 Å². The highest BCUT2D eigenvalue weighted by atomic mass is 16.5. The van der Waals surface area contributed by atoms with E-state index in [-0.39, 0.29) is 6.61 Å². The van der Waals surface area contributed by atoms with Gasteiger partial charge in [0, 0.05) is 11.8 Å². The number of amides is 1. The Morgan fingerprint density at radius 3 is 2.10 bits per heavy atom. The topological polar surface area (TPSA) is 83.1 Å². The molecule has 0 aliphatic heterocycles. The molecule has 0 atom stereocenters. The third-order valence-electron chi connectivity index (χ3n) is 4.09. The molecule has 0 fully saturated rings. The lowest BCUT2D eigenvalue weighted by atomic mass is 10.1. The summed E-state index contributed by atoms with van der Waals surface area (Å²) in [6.07, 6.45) is 3.68. The highest BCUT2D eigenvalue weighted by Crippen LogP contribution is 2.38. The minimum Gasteiger partial charge on any atom is -0.493 e. The van der Waals surface area contributed by atoms with E-state index in [4.69, 9.17) is 18.9 Å². The standard InChI is InChI=1S/C22H25NO6/c1-5-15-6-9-17(10-7-15)23-20(24)14-29-21(25)11-8-16-12-18(26-2)22(28-4)19(13-16)27-3/h6-13H,5,14H2,1-4H3,(H,23,24). The zero-order valence-electron chi connectivity index (χ0n) is 17.0. The second-order valence-electron chi connectivity index (χ2n) is 6.00. The molecule has 29 heavy (non-hydrogen) atoms. The molecule has 154 valence electrons. The Kier molecular flexibility index (Phi) is 8.09. The number of esters is 1. The number of carbonyl (C=O) groups is 2. The quantitative estimate of drug-likeness (QED) is 0.514. The normalized spacial score (nSPS) is 10.5. The number of benzene rings is 2. The Morgan fingerprint density at radius 1 is 0.966 bits per heavy atom. The van der Waals surface area contributed by atoms with Gasteiger partial charge in [-0.3, -0.25) is 4.79 Å². The highest BCUT2D eigenvalue weighted by molar-refractivity contribution is 5.94. The second kappa shape index (κ2) is 10.8. The first kappa shape index (κ1) is 21.8. The van der Waals surface area contributed by atoms with Gasteiger partial charge in [0.15, 0.2) is 18.1 Å². The molecule has 0 aliphatic carbocycles. The molecule has 1 amide bonds. The fourth-order valence-electron chi connectivity index (χ4n) is 2.57. The largest absolute Gasteiger partial charge is 0.493 e. The summed E-state index contributed by atoms with van der Waals surface area (Å²) >= 11 is 0. The van der Waals surface area contributed by atoms with Gasteiger partial charge in [-0.25, -0.2) is 4.79 Å². The van der Waals surface area contributed by atoms with Crippen LogP contribution in [-0.2, 0) is 20.7 Å². The summed E-state index contributed by atoms with van der Waals surface area (Å²) in [5.41, 5.74) is 2.47. The molecular formula is C22H25NO6. The van der Waals surface area contributed by atoms with E-state index >= 15 is 0 Å². The second-order valence-corrected chi connectivity index (χ2v) is 6.00. The number of hydrogen-bond donors (Lipinski definition) is 1. The maximum absolute atomic E-state index is 11.9. The zero-order chi connectivity index (χ0) is 21.2. The van der Waals surface area contributed by atoms with E-state index in [0.717, 1.165) is 6.42 Å². The molecule has 0 unspecified atom stereocenters. The number of carbonyl (C=O) groups excluding carboxylic acids is 2. The van der Waals surface area contributed by atoms with Crippen LogP contribution in [0, 0.1) is 0 Å². The van der Waals surface area contributed by atoms with Crippen LogP contribution in [0.4, 0.5) is 5.69 Å². The molecule has 7 nitrogen and oxygen atoms in total. The van der Waals surface area contributed by atoms with E-state index in [9.17, 15) is 9.59 Å². The molecule has 0 saturated heterocycles. The SMILES string of the molecule is CCc1ccc(NC(=O)COC(=O)C=Cc2cc(OC)c(OC)c(OC)c2)cc1. The lowest BCUT2D eigenvalue weighted by Crippen LogP contribution is -2.20. The Bertz CT molecular complexity index is 848. The van der Waals surface area contributed by atoms with E-state index in [1.54, 1.807) is 12.1 Å². The summed E-state index contributed by atoms with van der Waals surface area (Å²) in [5.74, 6) is 0.332. The van der Waals surface area contributed by atoms with Gasteiger partial charge in [0.2, 0.25) is 5.75 Å². The number of hydrogen-bond acceptors (Lipinski definition) is 6. The van der Waals surface area contributed by atoms with E-state index in [0.29, 0.717) is 28.5 Å². The van der Waals surface area contributed by atoms with Crippen molar-refractivity contribution in [3.63, 3.8) is 0 Å². The first-order chi connectivity index (χ1) is 14.0.